The molecule has 0 radical (unpaired) electrons. The lowest BCUT2D eigenvalue weighted by molar-refractivity contribution is -0.121. The van der Waals surface area contributed by atoms with Crippen molar-refractivity contribution in [2.24, 2.45) is 0 Å². The largest absolute Gasteiger partial charge is 0.349 e. The SMILES string of the molecule is Cc1nc2scc(CC(=O)NC(C)c3ccccc3)n2c(=O)c1-c1cc(C)n(-c2cccc(Cl)c2)n1. The van der Waals surface area contributed by atoms with Crippen LogP contribution in [0.1, 0.15) is 35.6 Å². The van der Waals surface area contributed by atoms with Crippen LogP contribution in [-0.2, 0) is 11.2 Å². The molecule has 9 heteroatoms. The van der Waals surface area contributed by atoms with Gasteiger partial charge in [-0.2, -0.15) is 5.10 Å². The van der Waals surface area contributed by atoms with E-state index in [1.165, 1.54) is 15.7 Å². The number of hydrogen-bond donors (Lipinski definition) is 1. The van der Waals surface area contributed by atoms with Crippen molar-refractivity contribution in [2.75, 3.05) is 0 Å². The van der Waals surface area contributed by atoms with E-state index in [9.17, 15) is 9.59 Å². The summed E-state index contributed by atoms with van der Waals surface area (Å²) >= 11 is 7.51. The zero-order chi connectivity index (χ0) is 25.4. The highest BCUT2D eigenvalue weighted by molar-refractivity contribution is 7.15. The lowest BCUT2D eigenvalue weighted by Crippen LogP contribution is -2.29. The molecule has 3 heterocycles. The van der Waals surface area contributed by atoms with Gasteiger partial charge in [-0.25, -0.2) is 9.67 Å². The van der Waals surface area contributed by atoms with Crippen molar-refractivity contribution in [1.82, 2.24) is 24.5 Å². The van der Waals surface area contributed by atoms with Crippen molar-refractivity contribution >= 4 is 33.8 Å². The molecule has 5 rings (SSSR count). The Balaban J connectivity index is 1.49. The molecule has 1 amide bonds. The smallest absolute Gasteiger partial charge is 0.268 e. The van der Waals surface area contributed by atoms with E-state index < -0.39 is 0 Å². The molecule has 0 spiro atoms. The lowest BCUT2D eigenvalue weighted by atomic mass is 10.1. The molecule has 3 aromatic heterocycles. The van der Waals surface area contributed by atoms with Crippen LogP contribution in [0.4, 0.5) is 0 Å². The van der Waals surface area contributed by atoms with Gasteiger partial charge in [0, 0.05) is 21.8 Å². The second-order valence-electron chi connectivity index (χ2n) is 8.66. The van der Waals surface area contributed by atoms with Gasteiger partial charge >= 0.3 is 0 Å². The van der Waals surface area contributed by atoms with Crippen LogP contribution in [0.25, 0.3) is 21.9 Å². The lowest BCUT2D eigenvalue weighted by Gasteiger charge is -2.14. The number of aromatic nitrogens is 4. The fourth-order valence-corrected chi connectivity index (χ4v) is 5.38. The first kappa shape index (κ1) is 24.0. The summed E-state index contributed by atoms with van der Waals surface area (Å²) in [5, 5.41) is 10.1. The number of carbonyl (C=O) groups is 1. The second-order valence-corrected chi connectivity index (χ2v) is 9.93. The van der Waals surface area contributed by atoms with Crippen LogP contribution < -0.4 is 10.9 Å². The highest BCUT2D eigenvalue weighted by atomic mass is 35.5. The van der Waals surface area contributed by atoms with Crippen LogP contribution in [0.15, 0.2) is 70.8 Å². The van der Waals surface area contributed by atoms with Gasteiger partial charge in [0.2, 0.25) is 5.91 Å². The first-order valence-corrected chi connectivity index (χ1v) is 12.7. The summed E-state index contributed by atoms with van der Waals surface area (Å²) in [7, 11) is 0. The van der Waals surface area contributed by atoms with Gasteiger partial charge in [0.15, 0.2) is 4.96 Å². The third-order valence-corrected chi connectivity index (χ3v) is 7.15. The monoisotopic (exact) mass is 517 g/mol. The Hall–Kier alpha value is -3.75. The zero-order valence-electron chi connectivity index (χ0n) is 20.0. The van der Waals surface area contributed by atoms with Crippen LogP contribution >= 0.6 is 22.9 Å². The number of amides is 1. The molecule has 0 aliphatic rings. The Labute approximate surface area is 217 Å². The van der Waals surface area contributed by atoms with Gasteiger partial charge in [-0.05, 0) is 50.6 Å². The van der Waals surface area contributed by atoms with Crippen LogP contribution in [-0.4, -0.2) is 25.1 Å². The number of hydrogen-bond acceptors (Lipinski definition) is 5. The summed E-state index contributed by atoms with van der Waals surface area (Å²) in [5.41, 5.74) is 4.56. The topological polar surface area (TPSA) is 81.3 Å². The third-order valence-electron chi connectivity index (χ3n) is 6.04. The number of nitrogens with one attached hydrogen (secondary N) is 1. The Morgan fingerprint density at radius 3 is 2.64 bits per heavy atom. The Bertz CT molecular complexity index is 1640. The van der Waals surface area contributed by atoms with Gasteiger partial charge < -0.3 is 5.32 Å². The first-order valence-electron chi connectivity index (χ1n) is 11.5. The molecule has 2 aromatic carbocycles. The van der Waals surface area contributed by atoms with Gasteiger partial charge in [-0.3, -0.25) is 14.0 Å². The van der Waals surface area contributed by atoms with Crippen molar-refractivity contribution in [3.8, 4) is 16.9 Å². The van der Waals surface area contributed by atoms with Crippen molar-refractivity contribution in [1.29, 1.82) is 0 Å². The van der Waals surface area contributed by atoms with E-state index in [1.807, 2.05) is 73.8 Å². The summed E-state index contributed by atoms with van der Waals surface area (Å²) in [6.07, 6.45) is 0.0667. The van der Waals surface area contributed by atoms with E-state index in [1.54, 1.807) is 17.7 Å². The van der Waals surface area contributed by atoms with E-state index in [0.29, 0.717) is 32.6 Å². The number of halogens is 1. The van der Waals surface area contributed by atoms with Crippen molar-refractivity contribution in [3.05, 3.63) is 104 Å². The minimum Gasteiger partial charge on any atom is -0.349 e. The summed E-state index contributed by atoms with van der Waals surface area (Å²) in [6.45, 7) is 5.66. The molecule has 1 unspecified atom stereocenters. The molecule has 1 atom stereocenters. The maximum Gasteiger partial charge on any atom is 0.268 e. The number of thiazole rings is 1. The van der Waals surface area contributed by atoms with E-state index in [-0.39, 0.29) is 23.9 Å². The fourth-order valence-electron chi connectivity index (χ4n) is 4.27. The molecule has 0 bridgehead atoms. The highest BCUT2D eigenvalue weighted by Gasteiger charge is 2.20. The van der Waals surface area contributed by atoms with E-state index >= 15 is 0 Å². The molecule has 0 saturated carbocycles. The molecule has 0 aliphatic carbocycles. The Morgan fingerprint density at radius 2 is 1.89 bits per heavy atom. The second kappa shape index (κ2) is 9.72. The van der Waals surface area contributed by atoms with Crippen LogP contribution in [0.2, 0.25) is 5.02 Å². The van der Waals surface area contributed by atoms with E-state index in [2.05, 4.69) is 10.3 Å². The fraction of sp³-hybridized carbons (Fsp3) is 0.185. The Morgan fingerprint density at radius 1 is 1.11 bits per heavy atom. The first-order chi connectivity index (χ1) is 17.3. The standard InChI is InChI=1S/C27H24ClN5O2S/c1-16-12-23(31-33(16)21-11-7-10-20(28)13-21)25-18(3)30-27-32(26(25)35)22(15-36-27)14-24(34)29-17(2)19-8-5-4-6-9-19/h4-13,15,17H,14H2,1-3H3,(H,29,34). The number of aryl methyl sites for hydroxylation is 2. The van der Waals surface area contributed by atoms with Crippen LogP contribution in [0, 0.1) is 13.8 Å². The predicted octanol–water partition coefficient (Wildman–Crippen LogP) is 5.30. The van der Waals surface area contributed by atoms with Crippen molar-refractivity contribution in [3.63, 3.8) is 0 Å². The van der Waals surface area contributed by atoms with Crippen LogP contribution in [0.5, 0.6) is 0 Å². The maximum absolute atomic E-state index is 13.7. The zero-order valence-corrected chi connectivity index (χ0v) is 21.6. The average Bonchev–Trinajstić information content (AvgIpc) is 3.42. The van der Waals surface area contributed by atoms with Gasteiger partial charge in [0.25, 0.3) is 5.56 Å². The summed E-state index contributed by atoms with van der Waals surface area (Å²) < 4.78 is 3.27. The number of nitrogens with zero attached hydrogens (tertiary/aromatic N) is 4. The molecule has 0 aliphatic heterocycles. The normalized spacial score (nSPS) is 12.1. The molecular weight excluding hydrogens is 494 g/mol. The molecule has 0 fully saturated rings. The van der Waals surface area contributed by atoms with E-state index in [0.717, 1.165) is 16.9 Å². The molecule has 5 aromatic rings. The van der Waals surface area contributed by atoms with Crippen molar-refractivity contribution < 1.29 is 4.79 Å². The minimum atomic E-state index is -0.242. The van der Waals surface area contributed by atoms with Gasteiger partial charge in [-0.15, -0.1) is 11.3 Å². The summed E-state index contributed by atoms with van der Waals surface area (Å²) in [4.78, 5) is 31.7. The number of benzene rings is 2. The Kier molecular flexibility index (Phi) is 6.47. The van der Waals surface area contributed by atoms with Gasteiger partial charge in [0.05, 0.1) is 29.4 Å². The average molecular weight is 518 g/mol. The third kappa shape index (κ3) is 4.57. The summed E-state index contributed by atoms with van der Waals surface area (Å²) in [6, 6.07) is 18.9. The van der Waals surface area contributed by atoms with E-state index in [4.69, 9.17) is 16.7 Å². The number of rotatable bonds is 6. The number of fused-ring (bicyclic) bond motifs is 1. The minimum absolute atomic E-state index is 0.0667. The van der Waals surface area contributed by atoms with Crippen LogP contribution in [0.3, 0.4) is 0 Å². The quantitative estimate of drug-likeness (QED) is 0.331. The number of carbonyl (C=O) groups excluding carboxylic acids is 1. The molecule has 1 N–H and O–H groups in total. The molecule has 182 valence electrons. The molecule has 0 saturated heterocycles. The van der Waals surface area contributed by atoms with Crippen molar-refractivity contribution in [2.45, 2.75) is 33.2 Å². The summed E-state index contributed by atoms with van der Waals surface area (Å²) in [5.74, 6) is -0.166. The van der Waals surface area contributed by atoms with Gasteiger partial charge in [-0.1, -0.05) is 48.0 Å². The highest BCUT2D eigenvalue weighted by Crippen LogP contribution is 2.24. The van der Waals surface area contributed by atoms with Gasteiger partial charge in [0.1, 0.15) is 5.69 Å². The molecule has 7 nitrogen and oxygen atoms in total. The maximum atomic E-state index is 13.7. The molecule has 36 heavy (non-hydrogen) atoms. The molecular formula is C27H24ClN5O2S. The predicted molar refractivity (Wildman–Crippen MR) is 143 cm³/mol.